The summed E-state index contributed by atoms with van der Waals surface area (Å²) in [7, 11) is 0. The lowest BCUT2D eigenvalue weighted by Crippen LogP contribution is -2.54. The summed E-state index contributed by atoms with van der Waals surface area (Å²) in [5.41, 5.74) is 0.468. The summed E-state index contributed by atoms with van der Waals surface area (Å²) in [5, 5.41) is 7.57. The fraction of sp³-hybridized carbons (Fsp3) is 0.296. The second-order valence-corrected chi connectivity index (χ2v) is 8.79. The largest absolute Gasteiger partial charge is 0.487 e. The Morgan fingerprint density at radius 3 is 2.35 bits per heavy atom. The standard InChI is InChI=1S/C27H28N2O5/c1-17(2)13-21(28-26(31)20-12-11-18-7-3-4-8-19(18)14-20)27(32)29-22-15-33-24-9-5-6-10-25(24)34-16-23(22)30/h3-12,14,17,21-22H,13,15-16H2,1-2H3,(H,28,31)(H,29,32)/t21?,22-/m0/s1. The number of benzene rings is 3. The minimum atomic E-state index is -0.881. The van der Waals surface area contributed by atoms with Gasteiger partial charge in [-0.1, -0.05) is 56.3 Å². The molecule has 2 N–H and O–H groups in total. The molecule has 3 aromatic carbocycles. The normalized spacial score (nSPS) is 16.4. The quantitative estimate of drug-likeness (QED) is 0.587. The molecule has 1 heterocycles. The van der Waals surface area contributed by atoms with Crippen LogP contribution in [0, 0.1) is 5.92 Å². The first-order valence-electron chi connectivity index (χ1n) is 11.4. The molecule has 1 aliphatic heterocycles. The van der Waals surface area contributed by atoms with E-state index in [-0.39, 0.29) is 30.8 Å². The number of Topliss-reactive ketones (excluding diaryl/α,β-unsaturated/α-hetero) is 1. The van der Waals surface area contributed by atoms with Crippen LogP contribution in [-0.2, 0) is 9.59 Å². The molecule has 0 aromatic heterocycles. The van der Waals surface area contributed by atoms with Crippen LogP contribution in [0.3, 0.4) is 0 Å². The Balaban J connectivity index is 1.46. The highest BCUT2D eigenvalue weighted by molar-refractivity contribution is 6.01. The number of fused-ring (bicyclic) bond motifs is 2. The van der Waals surface area contributed by atoms with E-state index in [0.29, 0.717) is 23.5 Å². The van der Waals surface area contributed by atoms with E-state index in [2.05, 4.69) is 10.6 Å². The van der Waals surface area contributed by atoms with Gasteiger partial charge in [0, 0.05) is 5.56 Å². The first kappa shape index (κ1) is 23.3. The van der Waals surface area contributed by atoms with Crippen LogP contribution in [-0.4, -0.2) is 42.9 Å². The zero-order chi connectivity index (χ0) is 24.1. The van der Waals surface area contributed by atoms with Crippen molar-refractivity contribution in [3.8, 4) is 11.5 Å². The van der Waals surface area contributed by atoms with Crippen LogP contribution in [0.25, 0.3) is 10.8 Å². The SMILES string of the molecule is CC(C)CC(NC(=O)c1ccc2ccccc2c1)C(=O)N[C@H]1COc2ccccc2OCC1=O. The minimum absolute atomic E-state index is 0.0159. The smallest absolute Gasteiger partial charge is 0.251 e. The Bertz CT molecular complexity index is 1210. The van der Waals surface area contributed by atoms with E-state index in [1.54, 1.807) is 36.4 Å². The van der Waals surface area contributed by atoms with Crippen molar-refractivity contribution < 1.29 is 23.9 Å². The van der Waals surface area contributed by atoms with Crippen molar-refractivity contribution in [1.82, 2.24) is 10.6 Å². The topological polar surface area (TPSA) is 93.7 Å². The molecule has 4 rings (SSSR count). The number of amides is 2. The van der Waals surface area contributed by atoms with Gasteiger partial charge in [0.1, 0.15) is 25.3 Å². The molecule has 2 amide bonds. The van der Waals surface area contributed by atoms with Crippen LogP contribution in [0.4, 0.5) is 0 Å². The van der Waals surface area contributed by atoms with Crippen molar-refractivity contribution in [2.45, 2.75) is 32.4 Å². The number of carbonyl (C=O) groups excluding carboxylic acids is 3. The number of hydrogen-bond acceptors (Lipinski definition) is 5. The number of rotatable bonds is 6. The molecule has 0 spiro atoms. The van der Waals surface area contributed by atoms with Gasteiger partial charge in [0.25, 0.3) is 5.91 Å². The zero-order valence-corrected chi connectivity index (χ0v) is 19.2. The van der Waals surface area contributed by atoms with E-state index < -0.39 is 18.0 Å². The van der Waals surface area contributed by atoms with Crippen molar-refractivity contribution in [2.75, 3.05) is 13.2 Å². The molecule has 1 aliphatic rings. The summed E-state index contributed by atoms with van der Waals surface area (Å²) in [6, 6.07) is 18.6. The van der Waals surface area contributed by atoms with E-state index in [9.17, 15) is 14.4 Å². The van der Waals surface area contributed by atoms with E-state index >= 15 is 0 Å². The number of ether oxygens (including phenoxy) is 2. The first-order chi connectivity index (χ1) is 16.4. The molecular weight excluding hydrogens is 432 g/mol. The third kappa shape index (κ3) is 5.54. The highest BCUT2D eigenvalue weighted by Gasteiger charge is 2.29. The maximum atomic E-state index is 13.1. The fourth-order valence-electron chi connectivity index (χ4n) is 3.87. The van der Waals surface area contributed by atoms with Crippen molar-refractivity contribution in [3.05, 3.63) is 72.3 Å². The molecule has 2 atom stereocenters. The van der Waals surface area contributed by atoms with E-state index in [1.807, 2.05) is 44.2 Å². The summed E-state index contributed by atoms with van der Waals surface area (Å²) >= 11 is 0. The molecule has 7 nitrogen and oxygen atoms in total. The minimum Gasteiger partial charge on any atom is -0.487 e. The third-order valence-electron chi connectivity index (χ3n) is 5.67. The highest BCUT2D eigenvalue weighted by atomic mass is 16.5. The van der Waals surface area contributed by atoms with Crippen molar-refractivity contribution >= 4 is 28.4 Å². The molecule has 0 radical (unpaired) electrons. The van der Waals surface area contributed by atoms with Crippen LogP contribution in [0.2, 0.25) is 0 Å². The van der Waals surface area contributed by atoms with Gasteiger partial charge >= 0.3 is 0 Å². The van der Waals surface area contributed by atoms with Crippen molar-refractivity contribution in [2.24, 2.45) is 5.92 Å². The van der Waals surface area contributed by atoms with E-state index in [1.165, 1.54) is 0 Å². The van der Waals surface area contributed by atoms with Gasteiger partial charge in [-0.15, -0.1) is 0 Å². The molecule has 0 fully saturated rings. The number of ketones is 1. The number of hydrogen-bond donors (Lipinski definition) is 2. The first-order valence-corrected chi connectivity index (χ1v) is 11.4. The van der Waals surface area contributed by atoms with Crippen molar-refractivity contribution in [3.63, 3.8) is 0 Å². The Morgan fingerprint density at radius 2 is 1.62 bits per heavy atom. The van der Waals surface area contributed by atoms with Crippen LogP contribution in [0.1, 0.15) is 30.6 Å². The molecule has 7 heteroatoms. The van der Waals surface area contributed by atoms with Crippen molar-refractivity contribution in [1.29, 1.82) is 0 Å². The zero-order valence-electron chi connectivity index (χ0n) is 19.2. The summed E-state index contributed by atoms with van der Waals surface area (Å²) in [4.78, 5) is 38.7. The Hall–Kier alpha value is -3.87. The molecule has 34 heavy (non-hydrogen) atoms. The lowest BCUT2D eigenvalue weighted by Gasteiger charge is -2.26. The molecule has 0 aliphatic carbocycles. The molecule has 0 saturated carbocycles. The van der Waals surface area contributed by atoms with Gasteiger partial charge in [-0.3, -0.25) is 14.4 Å². The van der Waals surface area contributed by atoms with Crippen LogP contribution in [0.15, 0.2) is 66.7 Å². The maximum Gasteiger partial charge on any atom is 0.251 e. The summed E-state index contributed by atoms with van der Waals surface area (Å²) < 4.78 is 11.3. The van der Waals surface area contributed by atoms with Gasteiger partial charge in [-0.05, 0) is 47.4 Å². The lowest BCUT2D eigenvalue weighted by atomic mass is 10.0. The van der Waals surface area contributed by atoms with Gasteiger partial charge in [0.2, 0.25) is 5.91 Å². The Morgan fingerprint density at radius 1 is 0.941 bits per heavy atom. The summed E-state index contributed by atoms with van der Waals surface area (Å²) in [6.07, 6.45) is 0.423. The van der Waals surface area contributed by atoms with Gasteiger partial charge in [-0.25, -0.2) is 0 Å². The second kappa shape index (κ2) is 10.4. The number of nitrogens with one attached hydrogen (secondary N) is 2. The van der Waals surface area contributed by atoms with Crippen LogP contribution in [0.5, 0.6) is 11.5 Å². The Kier molecular flexibility index (Phi) is 7.11. The predicted molar refractivity (Wildman–Crippen MR) is 129 cm³/mol. The van der Waals surface area contributed by atoms with Crippen LogP contribution < -0.4 is 20.1 Å². The average molecular weight is 461 g/mol. The van der Waals surface area contributed by atoms with Gasteiger partial charge < -0.3 is 20.1 Å². The molecule has 0 bridgehead atoms. The van der Waals surface area contributed by atoms with Crippen LogP contribution >= 0.6 is 0 Å². The predicted octanol–water partition coefficient (Wildman–Crippen LogP) is 3.51. The van der Waals surface area contributed by atoms with Gasteiger partial charge in [-0.2, -0.15) is 0 Å². The highest BCUT2D eigenvalue weighted by Crippen LogP contribution is 2.27. The summed E-state index contributed by atoms with van der Waals surface area (Å²) in [6.45, 7) is 3.75. The van der Waals surface area contributed by atoms with E-state index in [0.717, 1.165) is 10.8 Å². The fourth-order valence-corrected chi connectivity index (χ4v) is 3.87. The summed E-state index contributed by atoms with van der Waals surface area (Å²) in [5.74, 6) is 0.0698. The third-order valence-corrected chi connectivity index (χ3v) is 5.67. The van der Waals surface area contributed by atoms with Gasteiger partial charge in [0.05, 0.1) is 0 Å². The molecule has 1 unspecified atom stereocenters. The average Bonchev–Trinajstić information content (AvgIpc) is 2.83. The Labute approximate surface area is 198 Å². The van der Waals surface area contributed by atoms with Gasteiger partial charge in [0.15, 0.2) is 17.3 Å². The number of carbonyl (C=O) groups is 3. The lowest BCUT2D eigenvalue weighted by molar-refractivity contribution is -0.131. The molecule has 0 saturated heterocycles. The maximum absolute atomic E-state index is 13.1. The second-order valence-electron chi connectivity index (χ2n) is 8.79. The van der Waals surface area contributed by atoms with E-state index in [4.69, 9.17) is 9.47 Å². The number of para-hydroxylation sites is 2. The molecular formula is C27H28N2O5. The molecule has 176 valence electrons. The monoisotopic (exact) mass is 460 g/mol. The molecule has 3 aromatic rings.